The van der Waals surface area contributed by atoms with E-state index in [1.54, 1.807) is 0 Å². The Kier molecular flexibility index (Phi) is 4.36. The van der Waals surface area contributed by atoms with E-state index in [1.165, 1.54) is 0 Å². The number of amides is 1. The topological polar surface area (TPSA) is 54.3 Å². The van der Waals surface area contributed by atoms with E-state index in [0.29, 0.717) is 5.56 Å². The number of furan rings is 1. The van der Waals surface area contributed by atoms with Crippen molar-refractivity contribution in [1.29, 1.82) is 0 Å². The Morgan fingerprint density at radius 1 is 1.19 bits per heavy atom. The molecule has 112 valence electrons. The third-order valence-electron chi connectivity index (χ3n) is 3.58. The fourth-order valence-electron chi connectivity index (χ4n) is 2.50. The normalized spacial score (nSPS) is 12.0. The highest BCUT2D eigenvalue weighted by Crippen LogP contribution is 2.23. The van der Waals surface area contributed by atoms with Gasteiger partial charge in [-0.1, -0.05) is 11.6 Å². The largest absolute Gasteiger partial charge is 0.466 e. The number of rotatable bonds is 4. The average molecular weight is 286 g/mol. The maximum absolute atomic E-state index is 12.5. The van der Waals surface area contributed by atoms with Gasteiger partial charge in [0, 0.05) is 18.3 Å². The van der Waals surface area contributed by atoms with Crippen LogP contribution in [0.15, 0.2) is 28.7 Å². The van der Waals surface area contributed by atoms with Crippen molar-refractivity contribution in [2.24, 2.45) is 0 Å². The lowest BCUT2D eigenvalue weighted by Crippen LogP contribution is -2.27. The second kappa shape index (κ2) is 6.04. The van der Waals surface area contributed by atoms with Gasteiger partial charge in [-0.2, -0.15) is 0 Å². The first-order valence-corrected chi connectivity index (χ1v) is 7.08. The van der Waals surface area contributed by atoms with Crippen LogP contribution in [0.2, 0.25) is 0 Å². The molecule has 2 rings (SSSR count). The number of anilines is 1. The summed E-state index contributed by atoms with van der Waals surface area (Å²) in [6, 6.07) is 7.66. The third-order valence-corrected chi connectivity index (χ3v) is 3.58. The fraction of sp³-hybridized carbons (Fsp3) is 0.353. The molecule has 1 unspecified atom stereocenters. The molecule has 0 bridgehead atoms. The van der Waals surface area contributed by atoms with Crippen LogP contribution in [0.25, 0.3) is 0 Å². The fourth-order valence-corrected chi connectivity index (χ4v) is 2.50. The zero-order valence-corrected chi connectivity index (χ0v) is 13.2. The quantitative estimate of drug-likeness (QED) is 0.900. The molecule has 1 amide bonds. The zero-order chi connectivity index (χ0) is 15.6. The Hall–Kier alpha value is -2.23. The van der Waals surface area contributed by atoms with Gasteiger partial charge in [0.15, 0.2) is 0 Å². The Bertz CT molecular complexity index is 659. The standard InChI is InChI=1S/C17H22N2O2/c1-10-6-7-16(18-5)15(8-10)17(20)19-12(3)14-9-11(2)21-13(14)4/h6-9,12,18H,1-5H3,(H,19,20). The number of hydrogen-bond donors (Lipinski definition) is 2. The molecule has 0 saturated carbocycles. The lowest BCUT2D eigenvalue weighted by atomic mass is 10.1. The summed E-state index contributed by atoms with van der Waals surface area (Å²) in [5.74, 6) is 1.61. The number of carbonyl (C=O) groups is 1. The molecular weight excluding hydrogens is 264 g/mol. The van der Waals surface area contributed by atoms with Crippen LogP contribution in [0.3, 0.4) is 0 Å². The second-order valence-corrected chi connectivity index (χ2v) is 5.36. The summed E-state index contributed by atoms with van der Waals surface area (Å²) >= 11 is 0. The number of aryl methyl sites for hydroxylation is 3. The van der Waals surface area contributed by atoms with Crippen LogP contribution in [-0.4, -0.2) is 13.0 Å². The highest BCUT2D eigenvalue weighted by molar-refractivity contribution is 6.00. The van der Waals surface area contributed by atoms with Crippen molar-refractivity contribution >= 4 is 11.6 Å². The van der Waals surface area contributed by atoms with Crippen molar-refractivity contribution in [1.82, 2.24) is 5.32 Å². The Morgan fingerprint density at radius 3 is 2.48 bits per heavy atom. The smallest absolute Gasteiger partial charge is 0.253 e. The number of nitrogens with one attached hydrogen (secondary N) is 2. The first kappa shape index (κ1) is 15.2. The molecule has 0 radical (unpaired) electrons. The molecule has 1 heterocycles. The molecule has 0 fully saturated rings. The summed E-state index contributed by atoms with van der Waals surface area (Å²) in [6.07, 6.45) is 0. The molecule has 1 atom stereocenters. The highest BCUT2D eigenvalue weighted by Gasteiger charge is 2.17. The minimum Gasteiger partial charge on any atom is -0.466 e. The van der Waals surface area contributed by atoms with Crippen molar-refractivity contribution in [3.63, 3.8) is 0 Å². The van der Waals surface area contributed by atoms with E-state index >= 15 is 0 Å². The van der Waals surface area contributed by atoms with Gasteiger partial charge >= 0.3 is 0 Å². The van der Waals surface area contributed by atoms with Gasteiger partial charge in [0.05, 0.1) is 11.6 Å². The van der Waals surface area contributed by atoms with E-state index in [0.717, 1.165) is 28.3 Å². The predicted molar refractivity (Wildman–Crippen MR) is 84.8 cm³/mol. The minimum atomic E-state index is -0.0971. The zero-order valence-electron chi connectivity index (χ0n) is 13.2. The van der Waals surface area contributed by atoms with E-state index in [9.17, 15) is 4.79 Å². The van der Waals surface area contributed by atoms with Crippen LogP contribution in [0.4, 0.5) is 5.69 Å². The summed E-state index contributed by atoms with van der Waals surface area (Å²) in [7, 11) is 1.81. The van der Waals surface area contributed by atoms with Crippen molar-refractivity contribution in [2.45, 2.75) is 33.7 Å². The second-order valence-electron chi connectivity index (χ2n) is 5.36. The van der Waals surface area contributed by atoms with Crippen molar-refractivity contribution in [2.75, 3.05) is 12.4 Å². The maximum atomic E-state index is 12.5. The molecule has 0 spiro atoms. The molecule has 2 aromatic rings. The predicted octanol–water partition coefficient (Wildman–Crippen LogP) is 3.74. The SMILES string of the molecule is CNc1ccc(C)cc1C(=O)NC(C)c1cc(C)oc1C. The van der Waals surface area contributed by atoms with E-state index in [2.05, 4.69) is 10.6 Å². The molecule has 2 N–H and O–H groups in total. The lowest BCUT2D eigenvalue weighted by Gasteiger charge is -2.15. The van der Waals surface area contributed by atoms with E-state index in [4.69, 9.17) is 4.42 Å². The molecule has 0 aliphatic carbocycles. The Morgan fingerprint density at radius 2 is 1.90 bits per heavy atom. The molecule has 4 heteroatoms. The van der Waals surface area contributed by atoms with Crippen LogP contribution in [0.1, 0.15) is 46.0 Å². The molecule has 0 aliphatic rings. The number of carbonyl (C=O) groups excluding carboxylic acids is 1. The maximum Gasteiger partial charge on any atom is 0.253 e. The highest BCUT2D eigenvalue weighted by atomic mass is 16.3. The first-order valence-electron chi connectivity index (χ1n) is 7.08. The number of hydrogen-bond acceptors (Lipinski definition) is 3. The monoisotopic (exact) mass is 286 g/mol. The van der Waals surface area contributed by atoms with Crippen LogP contribution in [0, 0.1) is 20.8 Å². The Balaban J connectivity index is 2.22. The van der Waals surface area contributed by atoms with Crippen molar-refractivity contribution in [3.05, 3.63) is 52.5 Å². The molecular formula is C17H22N2O2. The molecule has 0 aliphatic heterocycles. The van der Waals surface area contributed by atoms with Crippen molar-refractivity contribution in [3.8, 4) is 0 Å². The molecule has 21 heavy (non-hydrogen) atoms. The first-order chi connectivity index (χ1) is 9.92. The van der Waals surface area contributed by atoms with Gasteiger partial charge < -0.3 is 15.1 Å². The van der Waals surface area contributed by atoms with Gasteiger partial charge in [0.2, 0.25) is 0 Å². The average Bonchev–Trinajstić information content (AvgIpc) is 2.77. The summed E-state index contributed by atoms with van der Waals surface area (Å²) in [6.45, 7) is 7.76. The number of benzene rings is 1. The van der Waals surface area contributed by atoms with Gasteiger partial charge in [-0.15, -0.1) is 0 Å². The molecule has 0 saturated heterocycles. The molecule has 4 nitrogen and oxygen atoms in total. The summed E-state index contributed by atoms with van der Waals surface area (Å²) < 4.78 is 5.52. The molecule has 1 aromatic carbocycles. The summed E-state index contributed by atoms with van der Waals surface area (Å²) in [5, 5.41) is 6.08. The van der Waals surface area contributed by atoms with Crippen LogP contribution in [-0.2, 0) is 0 Å². The molecule has 1 aromatic heterocycles. The lowest BCUT2D eigenvalue weighted by molar-refractivity contribution is 0.0940. The minimum absolute atomic E-state index is 0.0891. The van der Waals surface area contributed by atoms with E-state index in [1.807, 2.05) is 59.0 Å². The van der Waals surface area contributed by atoms with E-state index < -0.39 is 0 Å². The van der Waals surface area contributed by atoms with Gasteiger partial charge in [-0.05, 0) is 45.9 Å². The van der Waals surface area contributed by atoms with Gasteiger partial charge in [-0.3, -0.25) is 4.79 Å². The van der Waals surface area contributed by atoms with Crippen LogP contribution < -0.4 is 10.6 Å². The summed E-state index contributed by atoms with van der Waals surface area (Å²) in [5.41, 5.74) is 3.55. The van der Waals surface area contributed by atoms with E-state index in [-0.39, 0.29) is 11.9 Å². The third kappa shape index (κ3) is 3.27. The van der Waals surface area contributed by atoms with Gasteiger partial charge in [0.1, 0.15) is 11.5 Å². The summed E-state index contributed by atoms with van der Waals surface area (Å²) in [4.78, 5) is 12.5. The van der Waals surface area contributed by atoms with Crippen molar-refractivity contribution < 1.29 is 9.21 Å². The van der Waals surface area contributed by atoms with Gasteiger partial charge in [0.25, 0.3) is 5.91 Å². The van der Waals surface area contributed by atoms with Crippen LogP contribution >= 0.6 is 0 Å². The van der Waals surface area contributed by atoms with Crippen LogP contribution in [0.5, 0.6) is 0 Å². The van der Waals surface area contributed by atoms with Gasteiger partial charge in [-0.25, -0.2) is 0 Å². The Labute approximate surface area is 125 Å².